The summed E-state index contributed by atoms with van der Waals surface area (Å²) in [5, 5.41) is 14.9. The standard InChI is InChI=1S/C11H16BrN3O3/c1-6(9(16)5-13-2)11(18)15-8-4-14-3-7(12)10(8)17/h3-4,6,9,13,16H,5H2,1-2H3,(H,14,17)(H,15,18). The molecule has 18 heavy (non-hydrogen) atoms. The van der Waals surface area contributed by atoms with Crippen LogP contribution in [0.2, 0.25) is 0 Å². The van der Waals surface area contributed by atoms with Crippen LogP contribution in [0.15, 0.2) is 21.7 Å². The van der Waals surface area contributed by atoms with Crippen LogP contribution < -0.4 is 16.1 Å². The van der Waals surface area contributed by atoms with Gasteiger partial charge in [0.1, 0.15) is 5.69 Å². The maximum atomic E-state index is 11.8. The third-order valence-corrected chi connectivity index (χ3v) is 3.15. The predicted molar refractivity (Wildman–Crippen MR) is 72.5 cm³/mol. The van der Waals surface area contributed by atoms with Crippen LogP contribution in [0, 0.1) is 5.92 Å². The summed E-state index contributed by atoms with van der Waals surface area (Å²) in [6.07, 6.45) is 2.08. The Bertz CT molecular complexity index is 475. The Morgan fingerprint density at radius 2 is 2.22 bits per heavy atom. The zero-order chi connectivity index (χ0) is 13.7. The number of carbonyl (C=O) groups is 1. The number of amides is 1. The van der Waals surface area contributed by atoms with Gasteiger partial charge >= 0.3 is 0 Å². The van der Waals surface area contributed by atoms with Crippen molar-refractivity contribution < 1.29 is 9.90 Å². The molecular formula is C11H16BrN3O3. The molecule has 1 aromatic rings. The topological polar surface area (TPSA) is 94.2 Å². The SMILES string of the molecule is CNCC(O)C(C)C(=O)Nc1c[nH]cc(Br)c1=O. The molecule has 0 saturated carbocycles. The Kier molecular flexibility index (Phi) is 5.52. The number of anilines is 1. The summed E-state index contributed by atoms with van der Waals surface area (Å²) in [7, 11) is 1.69. The number of likely N-dealkylation sites (N-methyl/N-ethyl adjacent to an activating group) is 1. The van der Waals surface area contributed by atoms with Gasteiger partial charge in [0.25, 0.3) is 0 Å². The maximum Gasteiger partial charge on any atom is 0.230 e. The van der Waals surface area contributed by atoms with E-state index in [0.29, 0.717) is 11.0 Å². The van der Waals surface area contributed by atoms with Crippen LogP contribution in [-0.2, 0) is 4.79 Å². The van der Waals surface area contributed by atoms with Gasteiger partial charge in [0.05, 0.1) is 16.5 Å². The number of aliphatic hydroxyl groups is 1. The van der Waals surface area contributed by atoms with E-state index in [-0.39, 0.29) is 11.1 Å². The molecule has 0 spiro atoms. The molecule has 1 heterocycles. The van der Waals surface area contributed by atoms with Crippen LogP contribution in [0.25, 0.3) is 0 Å². The van der Waals surface area contributed by atoms with Crippen molar-refractivity contribution in [3.8, 4) is 0 Å². The summed E-state index contributed by atoms with van der Waals surface area (Å²) in [6.45, 7) is 1.91. The van der Waals surface area contributed by atoms with Crippen molar-refractivity contribution in [1.29, 1.82) is 0 Å². The molecule has 7 heteroatoms. The molecule has 2 unspecified atom stereocenters. The zero-order valence-corrected chi connectivity index (χ0v) is 11.7. The highest BCUT2D eigenvalue weighted by atomic mass is 79.9. The second kappa shape index (κ2) is 6.67. The van der Waals surface area contributed by atoms with E-state index < -0.39 is 17.9 Å². The smallest absolute Gasteiger partial charge is 0.230 e. The molecule has 0 saturated heterocycles. The Hall–Kier alpha value is -1.18. The van der Waals surface area contributed by atoms with E-state index in [4.69, 9.17) is 0 Å². The number of nitrogens with one attached hydrogen (secondary N) is 3. The molecule has 6 nitrogen and oxygen atoms in total. The lowest BCUT2D eigenvalue weighted by molar-refractivity contribution is -0.122. The number of pyridine rings is 1. The van der Waals surface area contributed by atoms with E-state index in [1.54, 1.807) is 14.0 Å². The zero-order valence-electron chi connectivity index (χ0n) is 10.2. The third-order valence-electron chi connectivity index (χ3n) is 2.56. The van der Waals surface area contributed by atoms with E-state index in [0.717, 1.165) is 0 Å². The monoisotopic (exact) mass is 317 g/mol. The number of carbonyl (C=O) groups excluding carboxylic acids is 1. The second-order valence-corrected chi connectivity index (χ2v) is 4.80. The Labute approximate surface area is 113 Å². The van der Waals surface area contributed by atoms with Gasteiger partial charge in [0.15, 0.2) is 0 Å². The summed E-state index contributed by atoms with van der Waals surface area (Å²) in [5.41, 5.74) is -0.157. The number of aromatic amines is 1. The average Bonchev–Trinajstić information content (AvgIpc) is 2.34. The van der Waals surface area contributed by atoms with Gasteiger partial charge in [-0.2, -0.15) is 0 Å². The number of aliphatic hydroxyl groups excluding tert-OH is 1. The summed E-state index contributed by atoms with van der Waals surface area (Å²) in [6, 6.07) is 0. The first kappa shape index (κ1) is 14.9. The summed E-state index contributed by atoms with van der Waals surface area (Å²) >= 11 is 3.07. The van der Waals surface area contributed by atoms with Crippen LogP contribution in [0.3, 0.4) is 0 Å². The molecule has 0 aromatic carbocycles. The van der Waals surface area contributed by atoms with Crippen molar-refractivity contribution in [3.63, 3.8) is 0 Å². The van der Waals surface area contributed by atoms with E-state index in [1.807, 2.05) is 0 Å². The quantitative estimate of drug-likeness (QED) is 0.628. The molecule has 4 N–H and O–H groups in total. The number of hydrogen-bond donors (Lipinski definition) is 4. The van der Waals surface area contributed by atoms with Crippen LogP contribution in [0.5, 0.6) is 0 Å². The molecule has 0 bridgehead atoms. The third kappa shape index (κ3) is 3.66. The van der Waals surface area contributed by atoms with Gasteiger partial charge < -0.3 is 20.7 Å². The molecule has 0 radical (unpaired) electrons. The Morgan fingerprint density at radius 3 is 2.83 bits per heavy atom. The average molecular weight is 318 g/mol. The van der Waals surface area contributed by atoms with Crippen LogP contribution in [0.1, 0.15) is 6.92 Å². The van der Waals surface area contributed by atoms with Gasteiger partial charge in [-0.05, 0) is 23.0 Å². The largest absolute Gasteiger partial charge is 0.391 e. The van der Waals surface area contributed by atoms with Crippen molar-refractivity contribution in [2.45, 2.75) is 13.0 Å². The van der Waals surface area contributed by atoms with Gasteiger partial charge in [0.2, 0.25) is 11.3 Å². The van der Waals surface area contributed by atoms with E-state index >= 15 is 0 Å². The molecule has 0 fully saturated rings. The van der Waals surface area contributed by atoms with Gasteiger partial charge in [-0.15, -0.1) is 0 Å². The first-order valence-electron chi connectivity index (χ1n) is 5.47. The highest BCUT2D eigenvalue weighted by Crippen LogP contribution is 2.09. The maximum absolute atomic E-state index is 11.8. The fraction of sp³-hybridized carbons (Fsp3) is 0.455. The second-order valence-electron chi connectivity index (χ2n) is 3.95. The van der Waals surface area contributed by atoms with E-state index in [9.17, 15) is 14.7 Å². The molecule has 0 aliphatic heterocycles. The molecule has 1 rings (SSSR count). The van der Waals surface area contributed by atoms with Crippen molar-refractivity contribution in [2.75, 3.05) is 18.9 Å². The predicted octanol–water partition coefficient (Wildman–Crippen LogP) is 0.292. The van der Waals surface area contributed by atoms with E-state index in [2.05, 4.69) is 31.5 Å². The minimum atomic E-state index is -0.804. The Balaban J connectivity index is 2.76. The molecular weight excluding hydrogens is 302 g/mol. The molecule has 1 aromatic heterocycles. The summed E-state index contributed by atoms with van der Waals surface area (Å²) in [5.74, 6) is -1.02. The highest BCUT2D eigenvalue weighted by Gasteiger charge is 2.22. The molecule has 1 amide bonds. The number of H-pyrrole nitrogens is 1. The van der Waals surface area contributed by atoms with Gasteiger partial charge in [-0.25, -0.2) is 0 Å². The summed E-state index contributed by atoms with van der Waals surface area (Å²) in [4.78, 5) is 26.2. The normalized spacial score (nSPS) is 14.0. The first-order chi connectivity index (χ1) is 8.47. The number of hydrogen-bond acceptors (Lipinski definition) is 4. The number of halogens is 1. The van der Waals surface area contributed by atoms with E-state index in [1.165, 1.54) is 12.4 Å². The van der Waals surface area contributed by atoms with Crippen molar-refractivity contribution in [3.05, 3.63) is 27.1 Å². The number of aromatic nitrogens is 1. The number of rotatable bonds is 5. The lowest BCUT2D eigenvalue weighted by Crippen LogP contribution is -2.37. The minimum absolute atomic E-state index is 0.151. The molecule has 2 atom stereocenters. The lowest BCUT2D eigenvalue weighted by Gasteiger charge is -2.17. The fourth-order valence-corrected chi connectivity index (χ4v) is 1.70. The van der Waals surface area contributed by atoms with Crippen molar-refractivity contribution >= 4 is 27.5 Å². The van der Waals surface area contributed by atoms with Crippen LogP contribution in [-0.4, -0.2) is 35.7 Å². The lowest BCUT2D eigenvalue weighted by atomic mass is 10.0. The van der Waals surface area contributed by atoms with Crippen LogP contribution in [0.4, 0.5) is 5.69 Å². The van der Waals surface area contributed by atoms with Crippen molar-refractivity contribution in [2.24, 2.45) is 5.92 Å². The molecule has 100 valence electrons. The molecule has 0 aliphatic carbocycles. The molecule has 0 aliphatic rings. The van der Waals surface area contributed by atoms with Gasteiger partial charge in [-0.1, -0.05) is 6.92 Å². The van der Waals surface area contributed by atoms with Gasteiger partial charge in [0, 0.05) is 18.9 Å². The Morgan fingerprint density at radius 1 is 1.56 bits per heavy atom. The first-order valence-corrected chi connectivity index (χ1v) is 6.26. The highest BCUT2D eigenvalue weighted by molar-refractivity contribution is 9.10. The summed E-state index contributed by atoms with van der Waals surface area (Å²) < 4.78 is 0.337. The minimum Gasteiger partial charge on any atom is -0.391 e. The van der Waals surface area contributed by atoms with Crippen LogP contribution >= 0.6 is 15.9 Å². The van der Waals surface area contributed by atoms with Crippen molar-refractivity contribution in [1.82, 2.24) is 10.3 Å². The van der Waals surface area contributed by atoms with Gasteiger partial charge in [-0.3, -0.25) is 9.59 Å². The fourth-order valence-electron chi connectivity index (χ4n) is 1.36.